The number of nitrogens with two attached hydrogens (primary N) is 1. The molecule has 2 aromatic rings. The minimum atomic E-state index is -4.61. The van der Waals surface area contributed by atoms with Gasteiger partial charge in [-0.25, -0.2) is 4.98 Å². The van der Waals surface area contributed by atoms with Crippen molar-refractivity contribution in [3.63, 3.8) is 0 Å². The molecule has 17 heavy (non-hydrogen) atoms. The molecule has 92 valence electrons. The zero-order valence-corrected chi connectivity index (χ0v) is 9.30. The van der Waals surface area contributed by atoms with E-state index in [1.54, 1.807) is 25.1 Å². The summed E-state index contributed by atoms with van der Waals surface area (Å²) in [5.41, 5.74) is 4.12. The molecule has 1 unspecified atom stereocenters. The fraction of sp³-hybridized carbons (Fsp3) is 0.364. The first-order valence-electron chi connectivity index (χ1n) is 4.96. The Hall–Kier alpha value is -1.56. The van der Waals surface area contributed by atoms with E-state index in [-0.39, 0.29) is 0 Å². The van der Waals surface area contributed by atoms with Gasteiger partial charge in [-0.2, -0.15) is 13.2 Å². The molecule has 2 N–H and O–H groups in total. The fourth-order valence-electron chi connectivity index (χ4n) is 1.43. The Bertz CT molecular complexity index is 557. The lowest BCUT2D eigenvalue weighted by Crippen LogP contribution is -2.47. The lowest BCUT2D eigenvalue weighted by atomic mass is 10.0. The molecule has 0 fully saturated rings. The second kappa shape index (κ2) is 3.46. The minimum Gasteiger partial charge on any atom is -0.438 e. The number of hydrogen-bond donors (Lipinski definition) is 1. The molecular weight excluding hydrogens is 233 g/mol. The van der Waals surface area contributed by atoms with Gasteiger partial charge in [-0.15, -0.1) is 0 Å². The van der Waals surface area contributed by atoms with E-state index >= 15 is 0 Å². The summed E-state index contributed by atoms with van der Waals surface area (Å²) in [4.78, 5) is 3.84. The average Bonchev–Trinajstić information content (AvgIpc) is 2.61. The van der Waals surface area contributed by atoms with Gasteiger partial charge in [0, 0.05) is 0 Å². The Morgan fingerprint density at radius 2 is 1.94 bits per heavy atom. The first-order chi connectivity index (χ1) is 7.73. The number of para-hydroxylation sites is 1. The van der Waals surface area contributed by atoms with Crippen molar-refractivity contribution in [2.24, 2.45) is 5.73 Å². The van der Waals surface area contributed by atoms with Crippen LogP contribution in [0.15, 0.2) is 22.6 Å². The lowest BCUT2D eigenvalue weighted by molar-refractivity contribution is -0.189. The number of alkyl halides is 3. The summed E-state index contributed by atoms with van der Waals surface area (Å²) < 4.78 is 43.3. The van der Waals surface area contributed by atoms with Crippen molar-refractivity contribution < 1.29 is 17.6 Å². The number of oxazole rings is 1. The van der Waals surface area contributed by atoms with Crippen LogP contribution in [0.5, 0.6) is 0 Å². The Balaban J connectivity index is 2.62. The summed E-state index contributed by atoms with van der Waals surface area (Å²) in [5, 5.41) is 0. The number of aryl methyl sites for hydroxylation is 1. The summed E-state index contributed by atoms with van der Waals surface area (Å²) in [7, 11) is 0. The van der Waals surface area contributed by atoms with Gasteiger partial charge in [-0.05, 0) is 25.5 Å². The Morgan fingerprint density at radius 3 is 2.47 bits per heavy atom. The molecular formula is C11H11F3N2O. The molecule has 0 amide bonds. The normalized spacial score (nSPS) is 16.1. The maximum Gasteiger partial charge on any atom is 0.415 e. The van der Waals surface area contributed by atoms with E-state index in [0.29, 0.717) is 11.1 Å². The average molecular weight is 244 g/mol. The Morgan fingerprint density at radius 1 is 1.29 bits per heavy atom. The highest BCUT2D eigenvalue weighted by molar-refractivity contribution is 5.76. The fourth-order valence-corrected chi connectivity index (χ4v) is 1.43. The predicted octanol–water partition coefficient (Wildman–Crippen LogP) is 2.87. The van der Waals surface area contributed by atoms with Crippen molar-refractivity contribution in [1.82, 2.24) is 4.98 Å². The number of fused-ring (bicyclic) bond motifs is 1. The van der Waals surface area contributed by atoms with Gasteiger partial charge in [0.05, 0.1) is 0 Å². The quantitative estimate of drug-likeness (QED) is 0.839. The van der Waals surface area contributed by atoms with E-state index in [9.17, 15) is 13.2 Å². The van der Waals surface area contributed by atoms with Crippen LogP contribution in [-0.4, -0.2) is 11.2 Å². The van der Waals surface area contributed by atoms with Gasteiger partial charge in [-0.3, -0.25) is 0 Å². The molecule has 0 saturated heterocycles. The molecule has 1 atom stereocenters. The van der Waals surface area contributed by atoms with Gasteiger partial charge in [0.2, 0.25) is 5.89 Å². The third-order valence-corrected chi connectivity index (χ3v) is 2.65. The number of hydrogen-bond acceptors (Lipinski definition) is 3. The van der Waals surface area contributed by atoms with Crippen LogP contribution in [0.3, 0.4) is 0 Å². The van der Waals surface area contributed by atoms with E-state index in [0.717, 1.165) is 12.5 Å². The molecule has 1 aromatic carbocycles. The van der Waals surface area contributed by atoms with Crippen LogP contribution in [0, 0.1) is 6.92 Å². The van der Waals surface area contributed by atoms with Gasteiger partial charge in [0.1, 0.15) is 5.52 Å². The minimum absolute atomic E-state index is 0.306. The summed E-state index contributed by atoms with van der Waals surface area (Å²) in [6, 6.07) is 5.00. The van der Waals surface area contributed by atoms with Gasteiger partial charge in [-0.1, -0.05) is 12.1 Å². The molecule has 0 bridgehead atoms. The smallest absolute Gasteiger partial charge is 0.415 e. The van der Waals surface area contributed by atoms with E-state index < -0.39 is 17.6 Å². The van der Waals surface area contributed by atoms with E-state index in [4.69, 9.17) is 10.2 Å². The first-order valence-corrected chi connectivity index (χ1v) is 4.96. The van der Waals surface area contributed by atoms with Gasteiger partial charge < -0.3 is 10.2 Å². The zero-order valence-electron chi connectivity index (χ0n) is 9.30. The maximum atomic E-state index is 12.7. The molecule has 0 saturated carbocycles. The lowest BCUT2D eigenvalue weighted by Gasteiger charge is -2.23. The number of aromatic nitrogens is 1. The van der Waals surface area contributed by atoms with Crippen LogP contribution >= 0.6 is 0 Å². The number of halogens is 3. The van der Waals surface area contributed by atoms with Gasteiger partial charge in [0.15, 0.2) is 11.1 Å². The summed E-state index contributed by atoms with van der Waals surface area (Å²) in [6.07, 6.45) is -4.61. The third-order valence-electron chi connectivity index (χ3n) is 2.65. The van der Waals surface area contributed by atoms with Crippen molar-refractivity contribution in [3.05, 3.63) is 29.7 Å². The van der Waals surface area contributed by atoms with Crippen molar-refractivity contribution >= 4 is 11.1 Å². The maximum absolute atomic E-state index is 12.7. The number of rotatable bonds is 1. The first kappa shape index (κ1) is 11.9. The second-order valence-corrected chi connectivity index (χ2v) is 4.14. The van der Waals surface area contributed by atoms with Crippen LogP contribution in [-0.2, 0) is 5.54 Å². The van der Waals surface area contributed by atoms with E-state index in [2.05, 4.69) is 4.98 Å². The predicted molar refractivity (Wildman–Crippen MR) is 56.3 cm³/mol. The van der Waals surface area contributed by atoms with E-state index in [1.165, 1.54) is 0 Å². The Kier molecular flexibility index (Phi) is 2.43. The SMILES string of the molecule is Cc1cccc2oc(C(C)(N)C(F)(F)F)nc12. The molecule has 1 aromatic heterocycles. The van der Waals surface area contributed by atoms with Crippen LogP contribution in [0.2, 0.25) is 0 Å². The molecule has 6 heteroatoms. The zero-order chi connectivity index (χ0) is 12.8. The van der Waals surface area contributed by atoms with Crippen molar-refractivity contribution in [3.8, 4) is 0 Å². The number of nitrogens with zero attached hydrogens (tertiary/aromatic N) is 1. The monoisotopic (exact) mass is 244 g/mol. The second-order valence-electron chi connectivity index (χ2n) is 4.14. The topological polar surface area (TPSA) is 52.0 Å². The van der Waals surface area contributed by atoms with Gasteiger partial charge >= 0.3 is 6.18 Å². The molecule has 2 rings (SSSR count). The van der Waals surface area contributed by atoms with Crippen LogP contribution < -0.4 is 5.73 Å². The molecule has 0 spiro atoms. The molecule has 0 aliphatic carbocycles. The third kappa shape index (κ3) is 1.78. The highest BCUT2D eigenvalue weighted by Gasteiger charge is 2.53. The van der Waals surface area contributed by atoms with Crippen LogP contribution in [0.4, 0.5) is 13.2 Å². The van der Waals surface area contributed by atoms with Crippen LogP contribution in [0.1, 0.15) is 18.4 Å². The van der Waals surface area contributed by atoms with Crippen molar-refractivity contribution in [2.75, 3.05) is 0 Å². The summed E-state index contributed by atoms with van der Waals surface area (Å²) >= 11 is 0. The molecule has 0 aliphatic rings. The molecule has 0 radical (unpaired) electrons. The number of benzene rings is 1. The highest BCUT2D eigenvalue weighted by atomic mass is 19.4. The largest absolute Gasteiger partial charge is 0.438 e. The summed E-state index contributed by atoms with van der Waals surface area (Å²) in [5.74, 6) is -0.519. The van der Waals surface area contributed by atoms with Gasteiger partial charge in [0.25, 0.3) is 0 Å². The van der Waals surface area contributed by atoms with Crippen molar-refractivity contribution in [1.29, 1.82) is 0 Å². The van der Waals surface area contributed by atoms with Crippen molar-refractivity contribution in [2.45, 2.75) is 25.6 Å². The summed E-state index contributed by atoms with van der Waals surface area (Å²) in [6.45, 7) is 2.59. The molecule has 3 nitrogen and oxygen atoms in total. The van der Waals surface area contributed by atoms with E-state index in [1.807, 2.05) is 0 Å². The highest BCUT2D eigenvalue weighted by Crippen LogP contribution is 2.37. The van der Waals surface area contributed by atoms with Crippen LogP contribution in [0.25, 0.3) is 11.1 Å². The Labute approximate surface area is 95.4 Å². The standard InChI is InChI=1S/C11H11F3N2O/c1-6-4-3-5-7-8(6)16-9(17-7)10(2,15)11(12,13)14/h3-5H,15H2,1-2H3. The molecule has 0 aliphatic heterocycles. The molecule has 1 heterocycles.